The van der Waals surface area contributed by atoms with Gasteiger partial charge in [0.1, 0.15) is 11.5 Å². The standard InChI is InChI=1S/C50H36N2O8/c1-7-43(53)59-37-13-25(3)45(26(4)14-37)51-47(55)39-21-33-17-29-9-11-31-19-35-23-41-42(24-36(35)20-32(31)12-10-30(29)18-34(33)22-40(39)48(51)56)50(58)52(49(41)57)46-27(5)15-38(16-28(46)6)60-44(54)8-2/h7-9,11,13-24H,1-2,10,12H2,3-6H3. The largest absolute Gasteiger partial charge is 0.423 e. The lowest BCUT2D eigenvalue weighted by Gasteiger charge is -2.20. The molecule has 0 saturated heterocycles. The van der Waals surface area contributed by atoms with Crippen LogP contribution < -0.4 is 19.3 Å². The minimum absolute atomic E-state index is 0.295. The number of fused-ring (bicyclic) bond motifs is 6. The smallest absolute Gasteiger partial charge is 0.335 e. The third kappa shape index (κ3) is 6.03. The van der Waals surface area contributed by atoms with E-state index in [9.17, 15) is 28.8 Å². The number of carbonyl (C=O) groups excluding carboxylic acids is 6. The maximum atomic E-state index is 13.9. The molecule has 60 heavy (non-hydrogen) atoms. The lowest BCUT2D eigenvalue weighted by Crippen LogP contribution is -2.30. The number of anilines is 2. The van der Waals surface area contributed by atoms with Gasteiger partial charge in [-0.1, -0.05) is 37.4 Å². The molecule has 4 amide bonds. The highest BCUT2D eigenvalue weighted by atomic mass is 16.5. The van der Waals surface area contributed by atoms with Crippen molar-refractivity contribution in [2.75, 3.05) is 9.80 Å². The number of hydrogen-bond donors (Lipinski definition) is 0. The Morgan fingerprint density at radius 2 is 0.783 bits per heavy atom. The van der Waals surface area contributed by atoms with Gasteiger partial charge in [0, 0.05) is 12.2 Å². The van der Waals surface area contributed by atoms with E-state index in [0.717, 1.165) is 56.0 Å². The van der Waals surface area contributed by atoms with Crippen molar-refractivity contribution in [3.8, 4) is 11.5 Å². The fourth-order valence-corrected chi connectivity index (χ4v) is 8.77. The van der Waals surface area contributed by atoms with E-state index < -0.39 is 35.6 Å². The molecule has 0 radical (unpaired) electrons. The molecule has 6 aromatic carbocycles. The van der Waals surface area contributed by atoms with Crippen LogP contribution in [0.2, 0.25) is 0 Å². The molecule has 0 N–H and O–H groups in total. The predicted molar refractivity (Wildman–Crippen MR) is 230 cm³/mol. The van der Waals surface area contributed by atoms with E-state index >= 15 is 0 Å². The van der Waals surface area contributed by atoms with Crippen molar-refractivity contribution in [2.24, 2.45) is 0 Å². The fraction of sp³-hybridized carbons (Fsp3) is 0.120. The van der Waals surface area contributed by atoms with Crippen LogP contribution in [0.15, 0.2) is 98.1 Å². The van der Waals surface area contributed by atoms with Crippen molar-refractivity contribution >= 4 is 80.6 Å². The van der Waals surface area contributed by atoms with Crippen molar-refractivity contribution in [1.29, 1.82) is 0 Å². The zero-order valence-electron chi connectivity index (χ0n) is 33.2. The number of esters is 2. The minimum atomic E-state index is -0.608. The van der Waals surface area contributed by atoms with Crippen molar-refractivity contribution in [2.45, 2.75) is 40.5 Å². The number of imide groups is 2. The summed E-state index contributed by atoms with van der Waals surface area (Å²) in [4.78, 5) is 81.7. The summed E-state index contributed by atoms with van der Waals surface area (Å²) < 4.78 is 10.6. The number of aryl methyl sites for hydroxylation is 6. The van der Waals surface area contributed by atoms with Crippen LogP contribution in [-0.4, -0.2) is 35.6 Å². The zero-order chi connectivity index (χ0) is 42.3. The van der Waals surface area contributed by atoms with Gasteiger partial charge in [-0.3, -0.25) is 19.2 Å². The monoisotopic (exact) mass is 792 g/mol. The normalized spacial score (nSPS) is 14.1. The maximum Gasteiger partial charge on any atom is 0.335 e. The second-order valence-electron chi connectivity index (χ2n) is 15.4. The van der Waals surface area contributed by atoms with Gasteiger partial charge in [0.15, 0.2) is 0 Å². The van der Waals surface area contributed by atoms with Crippen molar-refractivity contribution in [3.63, 3.8) is 0 Å². The highest BCUT2D eigenvalue weighted by Crippen LogP contribution is 2.40. The Labute approximate surface area is 344 Å². The van der Waals surface area contributed by atoms with Crippen LogP contribution in [0.5, 0.6) is 11.5 Å². The molecule has 294 valence electrons. The topological polar surface area (TPSA) is 127 Å². The molecule has 0 bridgehead atoms. The summed E-state index contributed by atoms with van der Waals surface area (Å²) in [7, 11) is 0. The summed E-state index contributed by atoms with van der Waals surface area (Å²) in [5, 5.41) is 3.32. The van der Waals surface area contributed by atoms with E-state index in [1.807, 2.05) is 24.3 Å². The number of carbonyl (C=O) groups is 6. The van der Waals surface area contributed by atoms with Gasteiger partial charge >= 0.3 is 11.9 Å². The third-order valence-electron chi connectivity index (χ3n) is 11.5. The summed E-state index contributed by atoms with van der Waals surface area (Å²) in [6, 6.07) is 21.8. The molecule has 3 aliphatic rings. The van der Waals surface area contributed by atoms with Gasteiger partial charge in [-0.2, -0.15) is 0 Å². The van der Waals surface area contributed by atoms with E-state index in [4.69, 9.17) is 9.47 Å². The minimum Gasteiger partial charge on any atom is -0.423 e. The van der Waals surface area contributed by atoms with E-state index in [0.29, 0.717) is 80.2 Å². The highest BCUT2D eigenvalue weighted by molar-refractivity contribution is 6.37. The molecule has 9 rings (SSSR count). The quantitative estimate of drug-likeness (QED) is 0.0707. The van der Waals surface area contributed by atoms with Crippen LogP contribution in [0.3, 0.4) is 0 Å². The summed E-state index contributed by atoms with van der Waals surface area (Å²) >= 11 is 0. The van der Waals surface area contributed by atoms with Gasteiger partial charge in [-0.05, 0) is 167 Å². The molecule has 10 heteroatoms. The number of ether oxygens (including phenoxy) is 2. The Morgan fingerprint density at radius 3 is 1.08 bits per heavy atom. The molecule has 0 unspecified atom stereocenters. The first kappa shape index (κ1) is 37.8. The summed E-state index contributed by atoms with van der Waals surface area (Å²) in [6.45, 7) is 13.9. The van der Waals surface area contributed by atoms with Crippen molar-refractivity contribution in [1.82, 2.24) is 0 Å². The fourth-order valence-electron chi connectivity index (χ4n) is 8.77. The highest BCUT2D eigenvalue weighted by Gasteiger charge is 2.40. The first-order valence-corrected chi connectivity index (χ1v) is 19.3. The van der Waals surface area contributed by atoms with Gasteiger partial charge < -0.3 is 9.47 Å². The Morgan fingerprint density at radius 1 is 0.483 bits per heavy atom. The van der Waals surface area contributed by atoms with E-state index in [1.54, 1.807) is 76.2 Å². The molecule has 0 atom stereocenters. The Hall–Kier alpha value is -7.72. The van der Waals surface area contributed by atoms with Crippen LogP contribution in [0.1, 0.15) is 85.9 Å². The molecular formula is C50H36N2O8. The number of hydrogen-bond acceptors (Lipinski definition) is 8. The van der Waals surface area contributed by atoms with Gasteiger partial charge in [0.2, 0.25) is 0 Å². The second-order valence-corrected chi connectivity index (χ2v) is 15.4. The number of amides is 4. The lowest BCUT2D eigenvalue weighted by molar-refractivity contribution is -0.129. The second kappa shape index (κ2) is 14.0. The van der Waals surface area contributed by atoms with E-state index in [2.05, 4.69) is 25.3 Å². The average molecular weight is 793 g/mol. The Bertz CT molecular complexity index is 2840. The SMILES string of the molecule is C=CC(=O)Oc1cc(C)c(N2C(=O)c3cc4cc5c(cc4cc3C2=O)CCc2cc3cc4c(cc3cc2C=C5)C(=O)N(c2c(C)cc(OC(=O)C=C)cc2C)C4=O)c(C)c1. The first-order chi connectivity index (χ1) is 28.7. The van der Waals surface area contributed by atoms with E-state index in [-0.39, 0.29) is 0 Å². The molecule has 0 aromatic heterocycles. The molecule has 6 aromatic rings. The van der Waals surface area contributed by atoms with Crippen molar-refractivity contribution in [3.05, 3.63) is 165 Å². The van der Waals surface area contributed by atoms with Gasteiger partial charge in [0.25, 0.3) is 23.6 Å². The van der Waals surface area contributed by atoms with Gasteiger partial charge in [0.05, 0.1) is 33.6 Å². The third-order valence-corrected chi connectivity index (χ3v) is 11.5. The molecule has 0 spiro atoms. The summed E-state index contributed by atoms with van der Waals surface area (Å²) in [6.07, 6.45) is 7.61. The molecular weight excluding hydrogens is 757 g/mol. The van der Waals surface area contributed by atoms with Crippen LogP contribution >= 0.6 is 0 Å². The van der Waals surface area contributed by atoms with Crippen molar-refractivity contribution < 1.29 is 38.2 Å². The number of nitrogens with zero attached hydrogens (tertiary/aromatic N) is 2. The number of rotatable bonds is 6. The molecule has 1 aliphatic carbocycles. The zero-order valence-corrected chi connectivity index (χ0v) is 33.2. The number of benzene rings is 6. The van der Waals surface area contributed by atoms with Crippen LogP contribution in [0.25, 0.3) is 33.7 Å². The Balaban J connectivity index is 1.02. The maximum absolute atomic E-state index is 13.9. The summed E-state index contributed by atoms with van der Waals surface area (Å²) in [5.41, 5.74) is 8.72. The average Bonchev–Trinajstić information content (AvgIpc) is 3.58. The molecule has 0 fully saturated rings. The lowest BCUT2D eigenvalue weighted by atomic mass is 9.88. The molecule has 2 aliphatic heterocycles. The van der Waals surface area contributed by atoms with Crippen LogP contribution in [0, 0.1) is 27.7 Å². The van der Waals surface area contributed by atoms with Crippen LogP contribution in [-0.2, 0) is 22.4 Å². The van der Waals surface area contributed by atoms with Crippen LogP contribution in [0.4, 0.5) is 11.4 Å². The predicted octanol–water partition coefficient (Wildman–Crippen LogP) is 9.28. The van der Waals surface area contributed by atoms with Gasteiger partial charge in [-0.25, -0.2) is 19.4 Å². The van der Waals surface area contributed by atoms with E-state index in [1.165, 1.54) is 9.80 Å². The Kier molecular flexibility index (Phi) is 8.82. The first-order valence-electron chi connectivity index (χ1n) is 19.3. The summed E-state index contributed by atoms with van der Waals surface area (Å²) in [5.74, 6) is -2.32. The molecule has 10 nitrogen and oxygen atoms in total. The molecule has 0 saturated carbocycles. The van der Waals surface area contributed by atoms with Gasteiger partial charge in [-0.15, -0.1) is 0 Å². The molecule has 2 heterocycles.